The molecule has 0 saturated heterocycles. The molecule has 9 heteroatoms. The maximum absolute atomic E-state index is 13.3. The predicted octanol–water partition coefficient (Wildman–Crippen LogP) is 4.02. The molecular formula is C29H40N4O5. The van der Waals surface area contributed by atoms with Crippen molar-refractivity contribution < 1.29 is 23.8 Å². The van der Waals surface area contributed by atoms with Crippen molar-refractivity contribution in [3.05, 3.63) is 53.7 Å². The molecule has 1 unspecified atom stereocenters. The van der Waals surface area contributed by atoms with E-state index in [1.165, 1.54) is 0 Å². The zero-order chi connectivity index (χ0) is 27.5. The second kappa shape index (κ2) is 14.3. The summed E-state index contributed by atoms with van der Waals surface area (Å²) in [7, 11) is 1.59. The van der Waals surface area contributed by atoms with Crippen LogP contribution in [0.1, 0.15) is 49.7 Å². The second-order valence-corrected chi connectivity index (χ2v) is 8.88. The normalized spacial score (nSPS) is 11.7. The molecule has 0 aliphatic rings. The third-order valence-corrected chi connectivity index (χ3v) is 6.17. The molecule has 0 fully saturated rings. The monoisotopic (exact) mass is 524 g/mol. The lowest BCUT2D eigenvalue weighted by Gasteiger charge is -2.20. The van der Waals surface area contributed by atoms with Crippen LogP contribution in [0.15, 0.2) is 42.5 Å². The standard InChI is InChI=1S/C29H40N4O5/c1-6-15-30-28(35)29(32-16-7-2)38-21-13-14-23-22(19-21)26(20(4)33(23)8-3)27(34)31-17-18-37-25-12-10-9-11-24(25)36-5/h9-14,19,29,32H,6-8,15-18H2,1-5H3,(H,30,35)(H,31,34). The van der Waals surface area contributed by atoms with E-state index < -0.39 is 6.23 Å². The van der Waals surface area contributed by atoms with Crippen molar-refractivity contribution in [1.29, 1.82) is 0 Å². The summed E-state index contributed by atoms with van der Waals surface area (Å²) in [6, 6.07) is 13.0. The number of rotatable bonds is 15. The molecule has 2 aromatic carbocycles. The highest BCUT2D eigenvalue weighted by Crippen LogP contribution is 2.30. The zero-order valence-electron chi connectivity index (χ0n) is 23.1. The SMILES string of the molecule is CCCNC(=O)C(NCCC)Oc1ccc2c(c1)c(C(=O)NCCOc1ccccc1OC)c(C)n2CC. The minimum absolute atomic E-state index is 0.193. The van der Waals surface area contributed by atoms with E-state index in [0.717, 1.165) is 29.4 Å². The molecule has 38 heavy (non-hydrogen) atoms. The lowest BCUT2D eigenvalue weighted by molar-refractivity contribution is -0.129. The van der Waals surface area contributed by atoms with Crippen LogP contribution in [0.4, 0.5) is 0 Å². The van der Waals surface area contributed by atoms with Crippen LogP contribution in [0.2, 0.25) is 0 Å². The van der Waals surface area contributed by atoms with Crippen LogP contribution in [-0.4, -0.2) is 56.0 Å². The Morgan fingerprint density at radius 3 is 2.37 bits per heavy atom. The fourth-order valence-corrected chi connectivity index (χ4v) is 4.32. The largest absolute Gasteiger partial charge is 0.493 e. The van der Waals surface area contributed by atoms with Crippen molar-refractivity contribution >= 4 is 22.7 Å². The van der Waals surface area contributed by atoms with Crippen LogP contribution >= 0.6 is 0 Å². The van der Waals surface area contributed by atoms with Crippen LogP contribution in [-0.2, 0) is 11.3 Å². The molecule has 9 nitrogen and oxygen atoms in total. The van der Waals surface area contributed by atoms with Crippen molar-refractivity contribution in [2.75, 3.05) is 33.4 Å². The van der Waals surface area contributed by atoms with E-state index in [9.17, 15) is 9.59 Å². The van der Waals surface area contributed by atoms with E-state index in [4.69, 9.17) is 14.2 Å². The summed E-state index contributed by atoms with van der Waals surface area (Å²) >= 11 is 0. The molecule has 1 aromatic heterocycles. The van der Waals surface area contributed by atoms with Crippen molar-refractivity contribution in [3.8, 4) is 17.2 Å². The highest BCUT2D eigenvalue weighted by Gasteiger charge is 2.23. The van der Waals surface area contributed by atoms with E-state index in [1.54, 1.807) is 7.11 Å². The molecule has 0 spiro atoms. The van der Waals surface area contributed by atoms with Gasteiger partial charge in [0.25, 0.3) is 11.8 Å². The van der Waals surface area contributed by atoms with E-state index in [-0.39, 0.29) is 11.8 Å². The van der Waals surface area contributed by atoms with Crippen molar-refractivity contribution in [2.45, 2.75) is 53.3 Å². The molecule has 1 atom stereocenters. The van der Waals surface area contributed by atoms with Gasteiger partial charge >= 0.3 is 0 Å². The average Bonchev–Trinajstić information content (AvgIpc) is 3.22. The molecule has 3 N–H and O–H groups in total. The number of ether oxygens (including phenoxy) is 3. The van der Waals surface area contributed by atoms with Gasteiger partial charge in [-0.2, -0.15) is 0 Å². The van der Waals surface area contributed by atoms with Crippen molar-refractivity contribution in [2.24, 2.45) is 0 Å². The maximum Gasteiger partial charge on any atom is 0.276 e. The molecule has 0 saturated carbocycles. The first-order valence-corrected chi connectivity index (χ1v) is 13.3. The van der Waals surface area contributed by atoms with Gasteiger partial charge in [0.15, 0.2) is 11.5 Å². The fraction of sp³-hybridized carbons (Fsp3) is 0.448. The molecular weight excluding hydrogens is 484 g/mol. The van der Waals surface area contributed by atoms with Gasteiger partial charge in [-0.05, 0) is 63.6 Å². The van der Waals surface area contributed by atoms with Gasteiger partial charge < -0.3 is 29.4 Å². The van der Waals surface area contributed by atoms with Crippen molar-refractivity contribution in [3.63, 3.8) is 0 Å². The number of amides is 2. The van der Waals surface area contributed by atoms with Gasteiger partial charge in [0.05, 0.1) is 19.2 Å². The Morgan fingerprint density at radius 2 is 1.68 bits per heavy atom. The summed E-state index contributed by atoms with van der Waals surface area (Å²) < 4.78 is 19.3. The number of carbonyl (C=O) groups is 2. The number of hydrogen-bond acceptors (Lipinski definition) is 6. The first kappa shape index (κ1) is 28.8. The first-order valence-electron chi connectivity index (χ1n) is 13.3. The molecule has 0 aliphatic carbocycles. The Balaban J connectivity index is 1.78. The van der Waals surface area contributed by atoms with Crippen LogP contribution in [0.5, 0.6) is 17.2 Å². The Hall–Kier alpha value is -3.72. The minimum atomic E-state index is -0.822. The fourth-order valence-electron chi connectivity index (χ4n) is 4.32. The van der Waals surface area contributed by atoms with Crippen LogP contribution in [0.25, 0.3) is 10.9 Å². The second-order valence-electron chi connectivity index (χ2n) is 8.88. The number of nitrogens with one attached hydrogen (secondary N) is 3. The van der Waals surface area contributed by atoms with Gasteiger partial charge in [0.1, 0.15) is 12.4 Å². The van der Waals surface area contributed by atoms with Gasteiger partial charge in [-0.1, -0.05) is 26.0 Å². The first-order chi connectivity index (χ1) is 18.4. The van der Waals surface area contributed by atoms with Crippen LogP contribution in [0.3, 0.4) is 0 Å². The number of aromatic nitrogens is 1. The third kappa shape index (κ3) is 6.98. The van der Waals surface area contributed by atoms with E-state index in [0.29, 0.717) is 55.6 Å². The summed E-state index contributed by atoms with van der Waals surface area (Å²) in [5.74, 6) is 1.37. The number of carbonyl (C=O) groups excluding carboxylic acids is 2. The Morgan fingerprint density at radius 1 is 0.947 bits per heavy atom. The molecule has 0 bridgehead atoms. The van der Waals surface area contributed by atoms with E-state index in [2.05, 4.69) is 20.5 Å². The summed E-state index contributed by atoms with van der Waals surface area (Å²) in [5.41, 5.74) is 2.38. The summed E-state index contributed by atoms with van der Waals surface area (Å²) in [6.07, 6.45) is 0.881. The Labute approximate surface area is 224 Å². The number of fused-ring (bicyclic) bond motifs is 1. The predicted molar refractivity (Wildman–Crippen MR) is 149 cm³/mol. The van der Waals surface area contributed by atoms with E-state index in [1.807, 2.05) is 70.2 Å². The van der Waals surface area contributed by atoms with Crippen LogP contribution < -0.4 is 30.2 Å². The van der Waals surface area contributed by atoms with Gasteiger partial charge in [-0.25, -0.2) is 0 Å². The molecule has 2 amide bonds. The van der Waals surface area contributed by atoms with Crippen LogP contribution in [0, 0.1) is 6.92 Å². The third-order valence-electron chi connectivity index (χ3n) is 6.17. The number of methoxy groups -OCH3 is 1. The lowest BCUT2D eigenvalue weighted by Crippen LogP contribution is -2.48. The molecule has 0 radical (unpaired) electrons. The van der Waals surface area contributed by atoms with Crippen molar-refractivity contribution in [1.82, 2.24) is 20.5 Å². The highest BCUT2D eigenvalue weighted by atomic mass is 16.5. The smallest absolute Gasteiger partial charge is 0.276 e. The summed E-state index contributed by atoms with van der Waals surface area (Å²) in [5, 5.41) is 9.78. The zero-order valence-corrected chi connectivity index (χ0v) is 23.1. The topological polar surface area (TPSA) is 103 Å². The number of aryl methyl sites for hydroxylation is 1. The molecule has 206 valence electrons. The van der Waals surface area contributed by atoms with Gasteiger partial charge in [0, 0.05) is 29.7 Å². The highest BCUT2D eigenvalue weighted by molar-refractivity contribution is 6.08. The molecule has 3 rings (SSSR count). The van der Waals surface area contributed by atoms with E-state index >= 15 is 0 Å². The number of para-hydroxylation sites is 2. The summed E-state index contributed by atoms with van der Waals surface area (Å²) in [6.45, 7) is 10.6. The number of nitrogens with zero attached hydrogens (tertiary/aromatic N) is 1. The maximum atomic E-state index is 13.3. The molecule has 1 heterocycles. The quantitative estimate of drug-likeness (QED) is 0.205. The van der Waals surface area contributed by atoms with Gasteiger partial charge in [-0.3, -0.25) is 14.9 Å². The number of hydrogen-bond donors (Lipinski definition) is 3. The lowest BCUT2D eigenvalue weighted by atomic mass is 10.1. The summed E-state index contributed by atoms with van der Waals surface area (Å²) in [4.78, 5) is 26.0. The Kier molecular flexibility index (Phi) is 10.8. The van der Waals surface area contributed by atoms with Gasteiger partial charge in [0.2, 0.25) is 6.23 Å². The minimum Gasteiger partial charge on any atom is -0.493 e. The molecule has 0 aliphatic heterocycles. The average molecular weight is 525 g/mol. The Bertz CT molecular complexity index is 1220. The number of benzene rings is 2. The molecule has 3 aromatic rings. The van der Waals surface area contributed by atoms with Gasteiger partial charge in [-0.15, -0.1) is 0 Å².